The van der Waals surface area contributed by atoms with Crippen molar-refractivity contribution in [3.63, 3.8) is 0 Å². The zero-order valence-electron chi connectivity index (χ0n) is 11.0. The van der Waals surface area contributed by atoms with Gasteiger partial charge in [0.05, 0.1) is 11.4 Å². The van der Waals surface area contributed by atoms with Gasteiger partial charge in [0, 0.05) is 11.0 Å². The van der Waals surface area contributed by atoms with Crippen molar-refractivity contribution in [3.8, 4) is 0 Å². The molecule has 0 atom stereocenters. The van der Waals surface area contributed by atoms with Crippen molar-refractivity contribution in [1.82, 2.24) is 4.90 Å². The third kappa shape index (κ3) is 3.89. The Morgan fingerprint density at radius 1 is 1.39 bits per heavy atom. The molecule has 0 amide bonds. The Morgan fingerprint density at radius 2 is 2.11 bits per heavy atom. The van der Waals surface area contributed by atoms with Gasteiger partial charge in [-0.3, -0.25) is 0 Å². The number of halogens is 1. The lowest BCUT2D eigenvalue weighted by Gasteiger charge is -2.29. The number of nitrogen functional groups attached to an aromatic ring is 1. The van der Waals surface area contributed by atoms with Crippen LogP contribution < -0.4 is 11.1 Å². The van der Waals surface area contributed by atoms with Gasteiger partial charge in [-0.2, -0.15) is 0 Å². The van der Waals surface area contributed by atoms with E-state index in [1.165, 1.54) is 32.4 Å². The highest BCUT2D eigenvalue weighted by Crippen LogP contribution is 2.24. The molecule has 3 nitrogen and oxygen atoms in total. The molecule has 1 fully saturated rings. The molecule has 0 bridgehead atoms. The third-order valence-corrected chi connectivity index (χ3v) is 4.21. The van der Waals surface area contributed by atoms with Crippen LogP contribution in [-0.2, 0) is 0 Å². The summed E-state index contributed by atoms with van der Waals surface area (Å²) in [6, 6.07) is 5.95. The van der Waals surface area contributed by atoms with Crippen LogP contribution in [0.4, 0.5) is 11.4 Å². The van der Waals surface area contributed by atoms with E-state index in [2.05, 4.69) is 33.2 Å². The van der Waals surface area contributed by atoms with Crippen LogP contribution in [0.3, 0.4) is 0 Å². The molecular weight excluding hydrogens is 290 g/mol. The lowest BCUT2D eigenvalue weighted by atomic mass is 9.94. The lowest BCUT2D eigenvalue weighted by Crippen LogP contribution is -2.30. The standard InChI is InChI=1S/C14H22BrN3/c1-18-8-5-11(6-9-18)4-7-17-14-10-12(15)2-3-13(14)16/h2-3,10-11,17H,4-9,16H2,1H3. The molecular formula is C14H22BrN3. The molecule has 1 aromatic rings. The number of likely N-dealkylation sites (tertiary alicyclic amines) is 1. The minimum absolute atomic E-state index is 0.821. The number of nitrogens with one attached hydrogen (secondary N) is 1. The molecule has 2 rings (SSSR count). The van der Waals surface area contributed by atoms with Crippen molar-refractivity contribution < 1.29 is 0 Å². The number of piperidine rings is 1. The van der Waals surface area contributed by atoms with Crippen LogP contribution in [0.25, 0.3) is 0 Å². The molecule has 18 heavy (non-hydrogen) atoms. The molecule has 0 saturated carbocycles. The largest absolute Gasteiger partial charge is 0.397 e. The van der Waals surface area contributed by atoms with Crippen molar-refractivity contribution >= 4 is 27.3 Å². The number of hydrogen-bond acceptors (Lipinski definition) is 3. The number of nitrogens with two attached hydrogens (primary N) is 1. The molecule has 1 aliphatic rings. The van der Waals surface area contributed by atoms with E-state index < -0.39 is 0 Å². The Morgan fingerprint density at radius 3 is 2.83 bits per heavy atom. The number of benzene rings is 1. The molecule has 1 saturated heterocycles. The Bertz CT molecular complexity index is 387. The van der Waals surface area contributed by atoms with Gasteiger partial charge in [0.2, 0.25) is 0 Å². The maximum absolute atomic E-state index is 5.94. The van der Waals surface area contributed by atoms with Crippen molar-refractivity contribution in [1.29, 1.82) is 0 Å². The number of hydrogen-bond donors (Lipinski definition) is 2. The van der Waals surface area contributed by atoms with Gasteiger partial charge in [0.15, 0.2) is 0 Å². The smallest absolute Gasteiger partial charge is 0.0585 e. The second-order valence-corrected chi connectivity index (χ2v) is 6.11. The quantitative estimate of drug-likeness (QED) is 0.839. The highest BCUT2D eigenvalue weighted by molar-refractivity contribution is 9.10. The third-order valence-electron chi connectivity index (χ3n) is 3.72. The van der Waals surface area contributed by atoms with Crippen molar-refractivity contribution in [2.24, 2.45) is 5.92 Å². The summed E-state index contributed by atoms with van der Waals surface area (Å²) < 4.78 is 1.07. The normalized spacial score (nSPS) is 17.9. The monoisotopic (exact) mass is 311 g/mol. The van der Waals surface area contributed by atoms with Crippen LogP contribution in [0.15, 0.2) is 22.7 Å². The van der Waals surface area contributed by atoms with E-state index in [4.69, 9.17) is 5.73 Å². The molecule has 1 aliphatic heterocycles. The summed E-state index contributed by atoms with van der Waals surface area (Å²) in [6.45, 7) is 3.49. The van der Waals surface area contributed by atoms with Crippen LogP contribution in [-0.4, -0.2) is 31.6 Å². The molecule has 0 aliphatic carbocycles. The molecule has 0 radical (unpaired) electrons. The van der Waals surface area contributed by atoms with E-state index in [1.54, 1.807) is 0 Å². The van der Waals surface area contributed by atoms with Crippen molar-refractivity contribution in [2.75, 3.05) is 37.7 Å². The molecule has 0 spiro atoms. The maximum atomic E-state index is 5.94. The van der Waals surface area contributed by atoms with Gasteiger partial charge in [-0.25, -0.2) is 0 Å². The zero-order chi connectivity index (χ0) is 13.0. The van der Waals surface area contributed by atoms with E-state index in [0.717, 1.165) is 28.3 Å². The Hall–Kier alpha value is -0.740. The van der Waals surface area contributed by atoms with E-state index >= 15 is 0 Å². The Balaban J connectivity index is 1.76. The Labute approximate surface area is 118 Å². The molecule has 100 valence electrons. The number of anilines is 2. The lowest BCUT2D eigenvalue weighted by molar-refractivity contribution is 0.215. The Kier molecular flexibility index (Phi) is 4.89. The summed E-state index contributed by atoms with van der Waals surface area (Å²) in [7, 11) is 2.21. The van der Waals surface area contributed by atoms with Gasteiger partial charge in [0.1, 0.15) is 0 Å². The summed E-state index contributed by atoms with van der Waals surface area (Å²) in [6.07, 6.45) is 3.89. The van der Waals surface area contributed by atoms with Crippen LogP contribution in [0.5, 0.6) is 0 Å². The molecule has 0 unspecified atom stereocenters. The second kappa shape index (κ2) is 6.43. The van der Waals surface area contributed by atoms with Gasteiger partial charge in [-0.1, -0.05) is 15.9 Å². The van der Waals surface area contributed by atoms with Gasteiger partial charge in [0.25, 0.3) is 0 Å². The molecule has 3 N–H and O–H groups in total. The first-order chi connectivity index (χ1) is 8.65. The average molecular weight is 312 g/mol. The maximum Gasteiger partial charge on any atom is 0.0585 e. The molecule has 4 heteroatoms. The van der Waals surface area contributed by atoms with Crippen LogP contribution in [0.2, 0.25) is 0 Å². The highest BCUT2D eigenvalue weighted by Gasteiger charge is 2.15. The van der Waals surface area contributed by atoms with Crippen molar-refractivity contribution in [2.45, 2.75) is 19.3 Å². The highest BCUT2D eigenvalue weighted by atomic mass is 79.9. The fourth-order valence-electron chi connectivity index (χ4n) is 2.44. The molecule has 0 aromatic heterocycles. The summed E-state index contributed by atoms with van der Waals surface area (Å²) in [5, 5.41) is 3.44. The summed E-state index contributed by atoms with van der Waals surface area (Å²) in [5.41, 5.74) is 7.80. The minimum atomic E-state index is 0.821. The van der Waals surface area contributed by atoms with E-state index in [0.29, 0.717) is 0 Å². The summed E-state index contributed by atoms with van der Waals surface area (Å²) in [4.78, 5) is 2.41. The predicted molar refractivity (Wildman–Crippen MR) is 81.9 cm³/mol. The van der Waals surface area contributed by atoms with Crippen LogP contribution in [0.1, 0.15) is 19.3 Å². The fourth-order valence-corrected chi connectivity index (χ4v) is 2.80. The minimum Gasteiger partial charge on any atom is -0.397 e. The molecule has 1 heterocycles. The molecule has 1 aromatic carbocycles. The first-order valence-electron chi connectivity index (χ1n) is 6.62. The van der Waals surface area contributed by atoms with Crippen LogP contribution >= 0.6 is 15.9 Å². The van der Waals surface area contributed by atoms with Gasteiger partial charge in [-0.15, -0.1) is 0 Å². The van der Waals surface area contributed by atoms with Gasteiger partial charge in [-0.05, 0) is 63.5 Å². The van der Waals surface area contributed by atoms with E-state index in [9.17, 15) is 0 Å². The first kappa shape index (κ1) is 13.7. The van der Waals surface area contributed by atoms with Crippen LogP contribution in [0, 0.1) is 5.92 Å². The van der Waals surface area contributed by atoms with Gasteiger partial charge < -0.3 is 16.0 Å². The van der Waals surface area contributed by atoms with E-state index in [1.807, 2.05) is 18.2 Å². The van der Waals surface area contributed by atoms with E-state index in [-0.39, 0.29) is 0 Å². The van der Waals surface area contributed by atoms with Gasteiger partial charge >= 0.3 is 0 Å². The second-order valence-electron chi connectivity index (χ2n) is 5.19. The average Bonchev–Trinajstić information content (AvgIpc) is 2.36. The first-order valence-corrected chi connectivity index (χ1v) is 7.42. The number of nitrogens with zero attached hydrogens (tertiary/aromatic N) is 1. The predicted octanol–water partition coefficient (Wildman–Crippen LogP) is 3.18. The fraction of sp³-hybridized carbons (Fsp3) is 0.571. The topological polar surface area (TPSA) is 41.3 Å². The zero-order valence-corrected chi connectivity index (χ0v) is 12.5. The SMILES string of the molecule is CN1CCC(CCNc2cc(Br)ccc2N)CC1. The summed E-state index contributed by atoms with van der Waals surface area (Å²) >= 11 is 3.47. The number of rotatable bonds is 4. The van der Waals surface area contributed by atoms with Crippen molar-refractivity contribution in [3.05, 3.63) is 22.7 Å². The summed E-state index contributed by atoms with van der Waals surface area (Å²) in [5.74, 6) is 0.863.